The van der Waals surface area contributed by atoms with Gasteiger partial charge in [0.25, 0.3) is 10.1 Å². The van der Waals surface area contributed by atoms with E-state index in [1.807, 2.05) is 0 Å². The molecular weight excluding hydrogens is 430 g/mol. The number of rotatable bonds is 6. The largest absolute Gasteiger partial charge is 0.416 e. The van der Waals surface area contributed by atoms with Crippen molar-refractivity contribution in [1.29, 1.82) is 0 Å². The SMILES string of the molecule is Cc1nc(Cl)c(CCOS(C)(=O)=O)c(Nc2ccc(C(F)(F)F)cc2Cl)n1. The number of halogens is 5. The fourth-order valence-corrected chi connectivity index (χ4v) is 3.02. The minimum atomic E-state index is -4.52. The molecule has 6 nitrogen and oxygen atoms in total. The highest BCUT2D eigenvalue weighted by Crippen LogP contribution is 2.35. The van der Waals surface area contributed by atoms with Gasteiger partial charge in [0.05, 0.1) is 29.1 Å². The number of nitrogens with one attached hydrogen (secondary N) is 1. The Morgan fingerprint density at radius 1 is 1.22 bits per heavy atom. The molecule has 0 atom stereocenters. The van der Waals surface area contributed by atoms with E-state index in [-0.39, 0.29) is 34.7 Å². The summed E-state index contributed by atoms with van der Waals surface area (Å²) in [6.45, 7) is 1.36. The summed E-state index contributed by atoms with van der Waals surface area (Å²) in [5.41, 5.74) is -0.386. The fourth-order valence-electron chi connectivity index (χ4n) is 2.10. The highest BCUT2D eigenvalue weighted by molar-refractivity contribution is 7.85. The smallest absolute Gasteiger partial charge is 0.339 e. The monoisotopic (exact) mass is 443 g/mol. The first-order valence-corrected chi connectivity index (χ1v) is 9.95. The van der Waals surface area contributed by atoms with Crippen LogP contribution in [0.2, 0.25) is 10.2 Å². The molecule has 0 unspecified atom stereocenters. The number of anilines is 2. The second-order valence-electron chi connectivity index (χ2n) is 5.48. The lowest BCUT2D eigenvalue weighted by molar-refractivity contribution is -0.137. The third-order valence-electron chi connectivity index (χ3n) is 3.27. The normalized spacial score (nSPS) is 12.3. The summed E-state index contributed by atoms with van der Waals surface area (Å²) in [6, 6.07) is 2.82. The molecule has 0 radical (unpaired) electrons. The summed E-state index contributed by atoms with van der Waals surface area (Å²) < 4.78 is 65.1. The fraction of sp³-hybridized carbons (Fsp3) is 0.333. The van der Waals surface area contributed by atoms with Crippen LogP contribution in [0.3, 0.4) is 0 Å². The first kappa shape index (κ1) is 21.7. The van der Waals surface area contributed by atoms with Gasteiger partial charge in [-0.05, 0) is 25.1 Å². The zero-order valence-electron chi connectivity index (χ0n) is 14.1. The van der Waals surface area contributed by atoms with Crippen LogP contribution in [0.1, 0.15) is 17.0 Å². The molecule has 0 bridgehead atoms. The number of alkyl halides is 3. The van der Waals surface area contributed by atoms with Crippen molar-refractivity contribution in [3.8, 4) is 0 Å². The van der Waals surface area contributed by atoms with Gasteiger partial charge >= 0.3 is 6.18 Å². The molecule has 2 aromatic rings. The molecule has 1 aromatic carbocycles. The Labute approximate surface area is 163 Å². The molecule has 0 amide bonds. The third kappa shape index (κ3) is 6.20. The van der Waals surface area contributed by atoms with E-state index >= 15 is 0 Å². The predicted octanol–water partition coefficient (Wildman–Crippen LogP) is 4.37. The van der Waals surface area contributed by atoms with Gasteiger partial charge in [0.1, 0.15) is 16.8 Å². The molecule has 148 valence electrons. The Kier molecular flexibility index (Phi) is 6.56. The molecular formula is C15H14Cl2F3N3O3S. The van der Waals surface area contributed by atoms with Gasteiger partial charge in [-0.15, -0.1) is 0 Å². The van der Waals surface area contributed by atoms with Crippen LogP contribution in [0, 0.1) is 6.92 Å². The van der Waals surface area contributed by atoms with Crippen LogP contribution in [0.15, 0.2) is 18.2 Å². The number of hydrogen-bond acceptors (Lipinski definition) is 6. The molecule has 0 aliphatic heterocycles. The maximum atomic E-state index is 12.8. The van der Waals surface area contributed by atoms with Crippen LogP contribution >= 0.6 is 23.2 Å². The van der Waals surface area contributed by atoms with Crippen molar-refractivity contribution >= 4 is 44.8 Å². The van der Waals surface area contributed by atoms with Gasteiger partial charge < -0.3 is 5.32 Å². The number of hydrogen-bond donors (Lipinski definition) is 1. The van der Waals surface area contributed by atoms with E-state index in [1.165, 1.54) is 0 Å². The highest BCUT2D eigenvalue weighted by Gasteiger charge is 2.31. The average molecular weight is 444 g/mol. The minimum Gasteiger partial charge on any atom is -0.339 e. The lowest BCUT2D eigenvalue weighted by Gasteiger charge is -2.15. The van der Waals surface area contributed by atoms with E-state index in [2.05, 4.69) is 19.5 Å². The highest BCUT2D eigenvalue weighted by atomic mass is 35.5. The van der Waals surface area contributed by atoms with Crippen molar-refractivity contribution in [3.05, 3.63) is 45.3 Å². The summed E-state index contributed by atoms with van der Waals surface area (Å²) in [7, 11) is -3.64. The number of aryl methyl sites for hydroxylation is 1. The molecule has 1 N–H and O–H groups in total. The summed E-state index contributed by atoms with van der Waals surface area (Å²) >= 11 is 12.0. The maximum Gasteiger partial charge on any atom is 0.416 e. The van der Waals surface area contributed by atoms with Crippen molar-refractivity contribution in [3.63, 3.8) is 0 Å². The molecule has 0 saturated heterocycles. The van der Waals surface area contributed by atoms with Crippen molar-refractivity contribution in [2.45, 2.75) is 19.5 Å². The maximum absolute atomic E-state index is 12.8. The predicted molar refractivity (Wildman–Crippen MR) is 96.0 cm³/mol. The Balaban J connectivity index is 2.32. The van der Waals surface area contributed by atoms with Crippen LogP contribution in [-0.2, 0) is 26.9 Å². The molecule has 1 heterocycles. The summed E-state index contributed by atoms with van der Waals surface area (Å²) in [5.74, 6) is 0.490. The average Bonchev–Trinajstić information content (AvgIpc) is 2.49. The molecule has 0 aliphatic carbocycles. The molecule has 1 aromatic heterocycles. The molecule has 0 saturated carbocycles. The van der Waals surface area contributed by atoms with Crippen molar-refractivity contribution in [1.82, 2.24) is 9.97 Å². The Morgan fingerprint density at radius 2 is 1.89 bits per heavy atom. The van der Waals surface area contributed by atoms with E-state index in [9.17, 15) is 21.6 Å². The Morgan fingerprint density at radius 3 is 2.44 bits per heavy atom. The van der Waals surface area contributed by atoms with Crippen LogP contribution in [0.4, 0.5) is 24.7 Å². The molecule has 0 spiro atoms. The first-order valence-electron chi connectivity index (χ1n) is 7.38. The second kappa shape index (κ2) is 8.17. The van der Waals surface area contributed by atoms with Crippen LogP contribution in [0.25, 0.3) is 0 Å². The molecule has 0 fully saturated rings. The molecule has 12 heteroatoms. The van der Waals surface area contributed by atoms with E-state index in [1.54, 1.807) is 6.92 Å². The van der Waals surface area contributed by atoms with Crippen molar-refractivity contribution in [2.75, 3.05) is 18.2 Å². The Hall–Kier alpha value is -1.62. The zero-order chi connectivity index (χ0) is 20.4. The molecule has 0 aliphatic rings. The number of nitrogens with zero attached hydrogens (tertiary/aromatic N) is 2. The van der Waals surface area contributed by atoms with Gasteiger partial charge in [0.2, 0.25) is 0 Å². The van der Waals surface area contributed by atoms with Crippen molar-refractivity contribution in [2.24, 2.45) is 0 Å². The lowest BCUT2D eigenvalue weighted by atomic mass is 10.2. The quantitative estimate of drug-likeness (QED) is 0.527. The zero-order valence-corrected chi connectivity index (χ0v) is 16.4. The first-order chi connectivity index (χ1) is 12.4. The van der Waals surface area contributed by atoms with E-state index in [0.717, 1.165) is 24.5 Å². The van der Waals surface area contributed by atoms with E-state index in [4.69, 9.17) is 23.2 Å². The van der Waals surface area contributed by atoms with Gasteiger partial charge in [0, 0.05) is 12.0 Å². The lowest BCUT2D eigenvalue weighted by Crippen LogP contribution is -2.10. The number of benzene rings is 1. The van der Waals surface area contributed by atoms with Crippen LogP contribution in [-0.4, -0.2) is 31.2 Å². The summed E-state index contributed by atoms with van der Waals surface area (Å²) in [4.78, 5) is 8.15. The standard InChI is InChI=1S/C15H14Cl2F3N3O3S/c1-8-21-13(17)10(5-6-26-27(2,24)25)14(22-8)23-12-4-3-9(7-11(12)16)15(18,19)20/h3-4,7H,5-6H2,1-2H3,(H,21,22,23). The Bertz CT molecular complexity index is 953. The summed E-state index contributed by atoms with van der Waals surface area (Å²) in [5, 5.41) is 2.70. The van der Waals surface area contributed by atoms with Crippen LogP contribution < -0.4 is 5.32 Å². The second-order valence-corrected chi connectivity index (χ2v) is 7.89. The third-order valence-corrected chi connectivity index (χ3v) is 4.49. The van der Waals surface area contributed by atoms with Gasteiger partial charge in [0.15, 0.2) is 0 Å². The molecule has 27 heavy (non-hydrogen) atoms. The van der Waals surface area contributed by atoms with E-state index < -0.39 is 21.9 Å². The van der Waals surface area contributed by atoms with E-state index in [0.29, 0.717) is 11.4 Å². The summed E-state index contributed by atoms with van der Waals surface area (Å²) in [6.07, 6.45) is -3.57. The van der Waals surface area contributed by atoms with Crippen LogP contribution in [0.5, 0.6) is 0 Å². The van der Waals surface area contributed by atoms with Gasteiger partial charge in [-0.25, -0.2) is 9.97 Å². The van der Waals surface area contributed by atoms with Crippen molar-refractivity contribution < 1.29 is 25.8 Å². The van der Waals surface area contributed by atoms with Gasteiger partial charge in [-0.1, -0.05) is 23.2 Å². The van der Waals surface area contributed by atoms with Gasteiger partial charge in [-0.3, -0.25) is 4.18 Å². The minimum absolute atomic E-state index is 0.0484. The van der Waals surface area contributed by atoms with Gasteiger partial charge in [-0.2, -0.15) is 21.6 Å². The topological polar surface area (TPSA) is 81.2 Å². The molecule has 2 rings (SSSR count). The number of aromatic nitrogens is 2.